The molecule has 2 heterocycles. The quantitative estimate of drug-likeness (QED) is 0.486. The van der Waals surface area contributed by atoms with Crippen molar-refractivity contribution in [1.82, 2.24) is 30.0 Å². The Hall–Kier alpha value is -2.91. The highest BCUT2D eigenvalue weighted by Gasteiger charge is 2.22. The number of aryl methyl sites for hydroxylation is 2. The molecule has 0 saturated carbocycles. The van der Waals surface area contributed by atoms with Crippen LogP contribution in [0.3, 0.4) is 0 Å². The van der Waals surface area contributed by atoms with Crippen LogP contribution in [0.2, 0.25) is 0 Å². The zero-order valence-corrected chi connectivity index (χ0v) is 19.3. The van der Waals surface area contributed by atoms with E-state index in [2.05, 4.69) is 33.4 Å². The number of tetrazole rings is 1. The third-order valence-corrected chi connectivity index (χ3v) is 6.39. The fourth-order valence-corrected chi connectivity index (χ4v) is 4.50. The predicted molar refractivity (Wildman–Crippen MR) is 124 cm³/mol. The lowest BCUT2D eigenvalue weighted by atomic mass is 10.1. The van der Waals surface area contributed by atoms with E-state index in [0.717, 1.165) is 49.7 Å². The van der Waals surface area contributed by atoms with Gasteiger partial charge in [-0.2, -0.15) is 4.68 Å². The Morgan fingerprint density at radius 2 is 1.84 bits per heavy atom. The number of hydrogen-bond donors (Lipinski definition) is 0. The van der Waals surface area contributed by atoms with Crippen molar-refractivity contribution in [3.05, 3.63) is 59.7 Å². The van der Waals surface area contributed by atoms with Gasteiger partial charge in [-0.1, -0.05) is 47.7 Å². The van der Waals surface area contributed by atoms with Gasteiger partial charge in [0, 0.05) is 32.7 Å². The van der Waals surface area contributed by atoms with Crippen LogP contribution in [-0.4, -0.2) is 81.0 Å². The average molecular weight is 453 g/mol. The smallest absolute Gasteiger partial charge is 0.233 e. The van der Waals surface area contributed by atoms with Crippen molar-refractivity contribution in [3.8, 4) is 11.4 Å². The Bertz CT molecular complexity index is 1030. The molecule has 0 bridgehead atoms. The Morgan fingerprint density at radius 3 is 2.59 bits per heavy atom. The molecule has 1 fully saturated rings. The highest BCUT2D eigenvalue weighted by molar-refractivity contribution is 7.99. The molecule has 0 aliphatic carbocycles. The summed E-state index contributed by atoms with van der Waals surface area (Å²) in [5, 5.41) is 12.7. The van der Waals surface area contributed by atoms with E-state index in [0.29, 0.717) is 17.5 Å². The van der Waals surface area contributed by atoms with E-state index in [1.165, 1.54) is 17.3 Å². The number of carbonyl (C=O) groups excluding carboxylic acids is 1. The Kier molecular flexibility index (Phi) is 7.39. The molecule has 0 unspecified atom stereocenters. The van der Waals surface area contributed by atoms with E-state index in [-0.39, 0.29) is 5.91 Å². The monoisotopic (exact) mass is 452 g/mol. The number of thioether (sulfide) groups is 1. The van der Waals surface area contributed by atoms with Crippen LogP contribution >= 0.6 is 11.8 Å². The molecule has 1 saturated heterocycles. The zero-order valence-electron chi connectivity index (χ0n) is 18.5. The van der Waals surface area contributed by atoms with E-state index in [9.17, 15) is 4.79 Å². The molecule has 9 heteroatoms. The molecule has 168 valence electrons. The van der Waals surface area contributed by atoms with E-state index in [1.54, 1.807) is 4.68 Å². The average Bonchev–Trinajstić information content (AvgIpc) is 3.27. The summed E-state index contributed by atoms with van der Waals surface area (Å²) in [6.07, 6.45) is 0. The maximum atomic E-state index is 12.7. The standard InChI is InChI=1S/C23H28N6O2S/c1-18-8-9-21(19(2)16-18)29-23(24-25-26-29)32-17-22(30)28-12-10-27(11-13-28)14-15-31-20-6-4-3-5-7-20/h3-9,16H,10-15,17H2,1-2H3. The minimum Gasteiger partial charge on any atom is -0.492 e. The Morgan fingerprint density at radius 1 is 1.06 bits per heavy atom. The van der Waals surface area contributed by atoms with Crippen molar-refractivity contribution in [1.29, 1.82) is 0 Å². The van der Waals surface area contributed by atoms with E-state index in [4.69, 9.17) is 4.74 Å². The predicted octanol–water partition coefficient (Wildman–Crippen LogP) is 2.59. The number of amides is 1. The molecule has 3 aromatic rings. The van der Waals surface area contributed by atoms with E-state index >= 15 is 0 Å². The van der Waals surface area contributed by atoms with Crippen LogP contribution in [0, 0.1) is 13.8 Å². The summed E-state index contributed by atoms with van der Waals surface area (Å²) in [7, 11) is 0. The summed E-state index contributed by atoms with van der Waals surface area (Å²) in [5.41, 5.74) is 3.22. The molecule has 0 radical (unpaired) electrons. The van der Waals surface area contributed by atoms with Gasteiger partial charge in [0.2, 0.25) is 11.1 Å². The maximum Gasteiger partial charge on any atom is 0.233 e. The third-order valence-electron chi connectivity index (χ3n) is 5.49. The molecule has 1 aliphatic heterocycles. The molecule has 4 rings (SSSR count). The van der Waals surface area contributed by atoms with Gasteiger partial charge in [-0.15, -0.1) is 5.10 Å². The fraction of sp³-hybridized carbons (Fsp3) is 0.391. The summed E-state index contributed by atoms with van der Waals surface area (Å²) in [4.78, 5) is 17.0. The van der Waals surface area contributed by atoms with Gasteiger partial charge in [0.15, 0.2) is 0 Å². The molecule has 0 spiro atoms. The second-order valence-electron chi connectivity index (χ2n) is 7.84. The van der Waals surface area contributed by atoms with Gasteiger partial charge < -0.3 is 9.64 Å². The first kappa shape index (κ1) is 22.3. The van der Waals surface area contributed by atoms with Gasteiger partial charge in [0.25, 0.3) is 0 Å². The number of ether oxygens (including phenoxy) is 1. The lowest BCUT2D eigenvalue weighted by Gasteiger charge is -2.34. The number of para-hydroxylation sites is 1. The first-order chi connectivity index (χ1) is 15.6. The normalized spacial score (nSPS) is 14.5. The molecule has 1 aliphatic rings. The summed E-state index contributed by atoms with van der Waals surface area (Å²) < 4.78 is 7.48. The van der Waals surface area contributed by atoms with Crippen LogP contribution in [-0.2, 0) is 4.79 Å². The second kappa shape index (κ2) is 10.6. The minimum absolute atomic E-state index is 0.116. The zero-order chi connectivity index (χ0) is 22.3. The largest absolute Gasteiger partial charge is 0.492 e. The van der Waals surface area contributed by atoms with Crippen LogP contribution in [0.1, 0.15) is 11.1 Å². The SMILES string of the molecule is Cc1ccc(-n2nnnc2SCC(=O)N2CCN(CCOc3ccccc3)CC2)c(C)c1. The third kappa shape index (κ3) is 5.66. The van der Waals surface area contributed by atoms with Crippen molar-refractivity contribution in [3.63, 3.8) is 0 Å². The molecule has 2 aromatic carbocycles. The van der Waals surface area contributed by atoms with Gasteiger partial charge in [0.1, 0.15) is 12.4 Å². The number of nitrogens with zero attached hydrogens (tertiary/aromatic N) is 6. The first-order valence-electron chi connectivity index (χ1n) is 10.8. The van der Waals surface area contributed by atoms with Gasteiger partial charge in [0.05, 0.1) is 11.4 Å². The number of aromatic nitrogens is 4. The topological polar surface area (TPSA) is 76.4 Å². The summed E-state index contributed by atoms with van der Waals surface area (Å²) in [6, 6.07) is 16.0. The van der Waals surface area contributed by atoms with E-state index < -0.39 is 0 Å². The van der Waals surface area contributed by atoms with Gasteiger partial charge >= 0.3 is 0 Å². The lowest BCUT2D eigenvalue weighted by Crippen LogP contribution is -2.50. The van der Waals surface area contributed by atoms with Gasteiger partial charge in [-0.3, -0.25) is 9.69 Å². The molecule has 0 N–H and O–H groups in total. The van der Waals surface area contributed by atoms with E-state index in [1.807, 2.05) is 54.3 Å². The van der Waals surface area contributed by atoms with Crippen molar-refractivity contribution in [2.75, 3.05) is 45.1 Å². The number of rotatable bonds is 8. The number of hydrogen-bond acceptors (Lipinski definition) is 7. The Balaban J connectivity index is 1.23. The first-order valence-corrected chi connectivity index (χ1v) is 11.8. The number of carbonyl (C=O) groups is 1. The van der Waals surface area contributed by atoms with Crippen LogP contribution in [0.4, 0.5) is 0 Å². The molecule has 1 amide bonds. The van der Waals surface area contributed by atoms with Crippen LogP contribution in [0.25, 0.3) is 5.69 Å². The van der Waals surface area contributed by atoms with Crippen LogP contribution in [0.15, 0.2) is 53.7 Å². The summed E-state index contributed by atoms with van der Waals surface area (Å²) >= 11 is 1.38. The van der Waals surface area contributed by atoms with Gasteiger partial charge in [-0.05, 0) is 48.0 Å². The number of benzene rings is 2. The van der Waals surface area contributed by atoms with Crippen molar-refractivity contribution >= 4 is 17.7 Å². The summed E-state index contributed by atoms with van der Waals surface area (Å²) in [5.74, 6) is 1.33. The highest BCUT2D eigenvalue weighted by atomic mass is 32.2. The second-order valence-corrected chi connectivity index (χ2v) is 8.78. The minimum atomic E-state index is 0.116. The van der Waals surface area contributed by atoms with Crippen LogP contribution < -0.4 is 4.74 Å². The molecule has 8 nitrogen and oxygen atoms in total. The maximum absolute atomic E-state index is 12.7. The highest BCUT2D eigenvalue weighted by Crippen LogP contribution is 2.22. The summed E-state index contributed by atoms with van der Waals surface area (Å²) in [6.45, 7) is 8.77. The Labute approximate surface area is 192 Å². The van der Waals surface area contributed by atoms with Gasteiger partial charge in [-0.25, -0.2) is 0 Å². The molecule has 32 heavy (non-hydrogen) atoms. The number of piperazine rings is 1. The fourth-order valence-electron chi connectivity index (χ4n) is 3.71. The van der Waals surface area contributed by atoms with Crippen molar-refractivity contribution in [2.45, 2.75) is 19.0 Å². The van der Waals surface area contributed by atoms with Crippen molar-refractivity contribution < 1.29 is 9.53 Å². The lowest BCUT2D eigenvalue weighted by molar-refractivity contribution is -0.130. The van der Waals surface area contributed by atoms with Crippen LogP contribution in [0.5, 0.6) is 5.75 Å². The molecule has 0 atom stereocenters. The van der Waals surface area contributed by atoms with Crippen molar-refractivity contribution in [2.24, 2.45) is 0 Å². The molecular weight excluding hydrogens is 424 g/mol. The molecule has 1 aromatic heterocycles. The molecular formula is C23H28N6O2S.